The number of halogens is 2. The summed E-state index contributed by atoms with van der Waals surface area (Å²) in [5.41, 5.74) is 2.95. The predicted molar refractivity (Wildman–Crippen MR) is 114 cm³/mol. The number of carbonyl (C=O) groups is 1. The Morgan fingerprint density at radius 2 is 2.03 bits per heavy atom. The van der Waals surface area contributed by atoms with Crippen LogP contribution in [0.15, 0.2) is 51.6 Å². The van der Waals surface area contributed by atoms with E-state index < -0.39 is 12.0 Å². The molecular formula is C22H19BrFN3O3. The lowest BCUT2D eigenvalue weighted by atomic mass is 9.90. The van der Waals surface area contributed by atoms with Gasteiger partial charge in [0.2, 0.25) is 0 Å². The van der Waals surface area contributed by atoms with Gasteiger partial charge in [-0.2, -0.15) is 0 Å². The second-order valence-corrected chi connectivity index (χ2v) is 8.61. The van der Waals surface area contributed by atoms with Crippen molar-refractivity contribution in [3.63, 3.8) is 0 Å². The van der Waals surface area contributed by atoms with Crippen LogP contribution in [-0.2, 0) is 4.79 Å². The molecule has 154 valence electrons. The maximum Gasteiger partial charge on any atom is 0.325 e. The van der Waals surface area contributed by atoms with Crippen molar-refractivity contribution < 1.29 is 18.8 Å². The number of H-pyrrole nitrogens is 1. The Kier molecular flexibility index (Phi) is 4.83. The minimum atomic E-state index is -0.864. The number of aromatic amines is 1. The van der Waals surface area contributed by atoms with Gasteiger partial charge in [-0.3, -0.25) is 9.69 Å². The molecule has 0 amide bonds. The maximum atomic E-state index is 13.4. The van der Waals surface area contributed by atoms with Crippen LogP contribution >= 0.6 is 15.9 Å². The van der Waals surface area contributed by atoms with Crippen molar-refractivity contribution in [2.24, 2.45) is 0 Å². The maximum absolute atomic E-state index is 13.4. The quantitative estimate of drug-likeness (QED) is 0.426. The lowest BCUT2D eigenvalue weighted by Crippen LogP contribution is -2.39. The number of fused-ring (bicyclic) bond motifs is 2. The highest BCUT2D eigenvalue weighted by Gasteiger charge is 2.34. The molecule has 30 heavy (non-hydrogen) atoms. The minimum Gasteiger partial charge on any atom is -0.480 e. The topological polar surface area (TPSA) is 82.4 Å². The lowest BCUT2D eigenvalue weighted by molar-refractivity contribution is -0.144. The van der Waals surface area contributed by atoms with Gasteiger partial charge in [0.05, 0.1) is 5.69 Å². The van der Waals surface area contributed by atoms with Crippen LogP contribution in [0.4, 0.5) is 4.39 Å². The minimum absolute atomic E-state index is 0.152. The van der Waals surface area contributed by atoms with Gasteiger partial charge in [0.25, 0.3) is 0 Å². The highest BCUT2D eigenvalue weighted by Crippen LogP contribution is 2.37. The highest BCUT2D eigenvalue weighted by atomic mass is 79.9. The zero-order valence-corrected chi connectivity index (χ0v) is 17.5. The van der Waals surface area contributed by atoms with Crippen molar-refractivity contribution in [3.8, 4) is 0 Å². The molecule has 0 bridgehead atoms. The first-order valence-corrected chi connectivity index (χ1v) is 10.6. The third kappa shape index (κ3) is 3.30. The van der Waals surface area contributed by atoms with Gasteiger partial charge in [0.1, 0.15) is 11.9 Å². The molecule has 2 aromatic heterocycles. The number of likely N-dealkylation sites (tertiary alicyclic amines) is 1. The van der Waals surface area contributed by atoms with E-state index in [1.54, 1.807) is 12.3 Å². The average molecular weight is 472 g/mol. The van der Waals surface area contributed by atoms with E-state index in [1.165, 1.54) is 12.1 Å². The summed E-state index contributed by atoms with van der Waals surface area (Å²) in [5.74, 6) is -1.06. The van der Waals surface area contributed by atoms with Crippen molar-refractivity contribution in [1.29, 1.82) is 0 Å². The molecule has 0 unspecified atom stereocenters. The van der Waals surface area contributed by atoms with Crippen LogP contribution in [0.25, 0.3) is 21.9 Å². The summed E-state index contributed by atoms with van der Waals surface area (Å²) in [7, 11) is 0. The van der Waals surface area contributed by atoms with E-state index in [2.05, 4.69) is 26.1 Å². The number of carboxylic acids is 1. The van der Waals surface area contributed by atoms with Crippen LogP contribution in [0.3, 0.4) is 0 Å². The van der Waals surface area contributed by atoms with Crippen LogP contribution in [0.1, 0.15) is 36.1 Å². The zero-order chi connectivity index (χ0) is 20.8. The second-order valence-electron chi connectivity index (χ2n) is 7.69. The number of rotatable bonds is 4. The van der Waals surface area contributed by atoms with Crippen LogP contribution in [-0.4, -0.2) is 39.2 Å². The van der Waals surface area contributed by atoms with E-state index in [0.29, 0.717) is 18.7 Å². The third-order valence-corrected chi connectivity index (χ3v) is 6.44. The summed E-state index contributed by atoms with van der Waals surface area (Å²) in [6, 6.07) is 9.55. The number of benzene rings is 2. The van der Waals surface area contributed by atoms with Gasteiger partial charge in [-0.15, -0.1) is 0 Å². The Hall–Kier alpha value is -2.71. The molecular weight excluding hydrogens is 453 g/mol. The van der Waals surface area contributed by atoms with Crippen LogP contribution < -0.4 is 0 Å². The largest absolute Gasteiger partial charge is 0.480 e. The number of aromatic nitrogens is 2. The Balaban J connectivity index is 1.40. The number of nitrogens with one attached hydrogen (secondary N) is 1. The molecule has 1 fully saturated rings. The van der Waals surface area contributed by atoms with E-state index in [9.17, 15) is 14.3 Å². The zero-order valence-electron chi connectivity index (χ0n) is 15.9. The van der Waals surface area contributed by atoms with E-state index in [0.717, 1.165) is 44.9 Å². The number of carboxylic acid groups (broad SMARTS) is 1. The molecule has 0 saturated carbocycles. The smallest absolute Gasteiger partial charge is 0.325 e. The molecule has 3 heterocycles. The molecule has 6 nitrogen and oxygen atoms in total. The van der Waals surface area contributed by atoms with Crippen molar-refractivity contribution in [1.82, 2.24) is 15.0 Å². The van der Waals surface area contributed by atoms with Crippen LogP contribution in [0, 0.1) is 5.82 Å². The first-order chi connectivity index (χ1) is 14.5. The molecule has 0 aliphatic carbocycles. The molecule has 1 atom stereocenters. The Morgan fingerprint density at radius 1 is 1.23 bits per heavy atom. The normalized spacial score (nSPS) is 17.0. The fraction of sp³-hybridized carbons (Fsp3) is 0.273. The summed E-state index contributed by atoms with van der Waals surface area (Å²) >= 11 is 3.47. The predicted octanol–water partition coefficient (Wildman–Crippen LogP) is 5.22. The Morgan fingerprint density at radius 3 is 2.80 bits per heavy atom. The van der Waals surface area contributed by atoms with Crippen LogP contribution in [0.2, 0.25) is 0 Å². The molecule has 2 N–H and O–H groups in total. The van der Waals surface area contributed by atoms with Gasteiger partial charge in [0.15, 0.2) is 5.58 Å². The van der Waals surface area contributed by atoms with E-state index in [1.807, 2.05) is 23.1 Å². The summed E-state index contributed by atoms with van der Waals surface area (Å²) < 4.78 is 19.6. The molecule has 0 radical (unpaired) electrons. The first kappa shape index (κ1) is 19.3. The summed E-state index contributed by atoms with van der Waals surface area (Å²) in [4.78, 5) is 17.4. The fourth-order valence-corrected chi connectivity index (χ4v) is 4.84. The third-order valence-electron chi connectivity index (χ3n) is 5.95. The SMILES string of the molecule is O=C(O)[C@H](c1c[nH]c2ccc(Br)cc12)N1CCC(c2noc3cc(F)ccc23)CC1. The molecule has 4 aromatic rings. The Labute approximate surface area is 179 Å². The first-order valence-electron chi connectivity index (χ1n) is 9.79. The van der Waals surface area contributed by atoms with Gasteiger partial charge in [-0.05, 0) is 56.3 Å². The number of aliphatic carboxylic acids is 1. The molecule has 1 aliphatic rings. The van der Waals surface area contributed by atoms with Gasteiger partial charge >= 0.3 is 5.97 Å². The van der Waals surface area contributed by atoms with Crippen molar-refractivity contribution in [2.45, 2.75) is 24.8 Å². The van der Waals surface area contributed by atoms with Crippen molar-refractivity contribution >= 4 is 43.8 Å². The number of hydrogen-bond acceptors (Lipinski definition) is 4. The van der Waals surface area contributed by atoms with E-state index in [-0.39, 0.29) is 11.7 Å². The molecule has 5 rings (SSSR count). The summed E-state index contributed by atoms with van der Waals surface area (Å²) in [6.07, 6.45) is 3.31. The highest BCUT2D eigenvalue weighted by molar-refractivity contribution is 9.10. The molecule has 1 saturated heterocycles. The van der Waals surface area contributed by atoms with E-state index >= 15 is 0 Å². The molecule has 2 aromatic carbocycles. The fourth-order valence-electron chi connectivity index (χ4n) is 4.48. The number of hydrogen-bond donors (Lipinski definition) is 2. The van der Waals surface area contributed by atoms with Crippen LogP contribution in [0.5, 0.6) is 0 Å². The standard InChI is InChI=1S/C22H19BrFN3O3/c23-13-1-4-18-16(9-13)17(11-25-18)21(22(28)29)27-7-5-12(6-8-27)20-15-3-2-14(24)10-19(15)30-26-20/h1-4,9-12,21,25H,5-8H2,(H,28,29)/t21-/m0/s1. The number of nitrogens with zero attached hydrogens (tertiary/aromatic N) is 2. The second kappa shape index (κ2) is 7.52. The van der Waals surface area contributed by atoms with E-state index in [4.69, 9.17) is 4.52 Å². The monoisotopic (exact) mass is 471 g/mol. The Bertz CT molecular complexity index is 1240. The molecule has 1 aliphatic heterocycles. The summed E-state index contributed by atoms with van der Waals surface area (Å²) in [6.45, 7) is 1.25. The van der Waals surface area contributed by atoms with Gasteiger partial charge in [-0.25, -0.2) is 4.39 Å². The van der Waals surface area contributed by atoms with Gasteiger partial charge < -0.3 is 14.6 Å². The average Bonchev–Trinajstić information content (AvgIpc) is 3.32. The van der Waals surface area contributed by atoms with Gasteiger partial charge in [0, 0.05) is 44.5 Å². The van der Waals surface area contributed by atoms with Crippen molar-refractivity contribution in [2.75, 3.05) is 13.1 Å². The molecule has 8 heteroatoms. The van der Waals surface area contributed by atoms with Crippen molar-refractivity contribution in [3.05, 3.63) is 64.1 Å². The van der Waals surface area contributed by atoms with Gasteiger partial charge in [-0.1, -0.05) is 21.1 Å². The molecule has 0 spiro atoms. The number of piperidine rings is 1. The lowest BCUT2D eigenvalue weighted by Gasteiger charge is -2.35. The summed E-state index contributed by atoms with van der Waals surface area (Å²) in [5, 5.41) is 15.9.